The lowest BCUT2D eigenvalue weighted by atomic mass is 10.1. The fraction of sp³-hybridized carbons (Fsp3) is 0.667. The van der Waals surface area contributed by atoms with Crippen LogP contribution in [0.5, 0.6) is 5.88 Å². The molecule has 0 radical (unpaired) electrons. The molecule has 1 aromatic heterocycles. The zero-order valence-corrected chi connectivity index (χ0v) is 12.2. The van der Waals surface area contributed by atoms with E-state index in [0.717, 1.165) is 31.9 Å². The average molecular weight is 276 g/mol. The Morgan fingerprint density at radius 1 is 1.35 bits per heavy atom. The normalized spacial score (nSPS) is 22.9. The lowest BCUT2D eigenvalue weighted by molar-refractivity contribution is 0.230. The SMILES string of the molecule is CCCOc1nc(N2CCN3CCCC3C2)ccc1N. The molecule has 110 valence electrons. The van der Waals surface area contributed by atoms with E-state index in [1.807, 2.05) is 12.1 Å². The molecular formula is C15H24N4O. The van der Waals surface area contributed by atoms with Crippen molar-refractivity contribution in [3.63, 3.8) is 0 Å². The van der Waals surface area contributed by atoms with Crippen LogP contribution in [0.2, 0.25) is 0 Å². The molecule has 2 fully saturated rings. The van der Waals surface area contributed by atoms with E-state index in [2.05, 4.69) is 21.7 Å². The first-order valence-electron chi connectivity index (χ1n) is 7.66. The van der Waals surface area contributed by atoms with Crippen LogP contribution in [0, 0.1) is 0 Å². The standard InChI is InChI=1S/C15H24N4O/c1-2-10-20-15-13(16)5-6-14(17-15)19-9-8-18-7-3-4-12(18)11-19/h5-6,12H,2-4,7-11,16H2,1H3. The molecule has 1 atom stereocenters. The van der Waals surface area contributed by atoms with Crippen molar-refractivity contribution in [2.24, 2.45) is 0 Å². The molecule has 2 N–H and O–H groups in total. The average Bonchev–Trinajstić information content (AvgIpc) is 2.94. The predicted molar refractivity (Wildman–Crippen MR) is 81.2 cm³/mol. The molecule has 2 aliphatic rings. The molecular weight excluding hydrogens is 252 g/mol. The minimum absolute atomic E-state index is 0.582. The number of anilines is 2. The molecule has 0 aliphatic carbocycles. The van der Waals surface area contributed by atoms with E-state index in [0.29, 0.717) is 24.2 Å². The summed E-state index contributed by atoms with van der Waals surface area (Å²) in [6, 6.07) is 4.62. The number of nitrogen functional groups attached to an aromatic ring is 1. The van der Waals surface area contributed by atoms with Crippen LogP contribution in [0.3, 0.4) is 0 Å². The fourth-order valence-electron chi connectivity index (χ4n) is 3.13. The summed E-state index contributed by atoms with van der Waals surface area (Å²) in [7, 11) is 0. The minimum Gasteiger partial charge on any atom is -0.476 e. The van der Waals surface area contributed by atoms with Crippen molar-refractivity contribution in [3.05, 3.63) is 12.1 Å². The van der Waals surface area contributed by atoms with Gasteiger partial charge in [0.05, 0.1) is 12.3 Å². The highest BCUT2D eigenvalue weighted by molar-refractivity contribution is 5.54. The summed E-state index contributed by atoms with van der Waals surface area (Å²) in [5.41, 5.74) is 6.56. The molecule has 2 saturated heterocycles. The third-order valence-corrected chi connectivity index (χ3v) is 4.23. The highest BCUT2D eigenvalue weighted by atomic mass is 16.5. The molecule has 20 heavy (non-hydrogen) atoms. The highest BCUT2D eigenvalue weighted by Gasteiger charge is 2.31. The first-order valence-corrected chi connectivity index (χ1v) is 7.66. The van der Waals surface area contributed by atoms with Crippen molar-refractivity contribution < 1.29 is 4.74 Å². The van der Waals surface area contributed by atoms with E-state index >= 15 is 0 Å². The number of piperazine rings is 1. The van der Waals surface area contributed by atoms with Gasteiger partial charge in [0.1, 0.15) is 5.82 Å². The zero-order chi connectivity index (χ0) is 13.9. The van der Waals surface area contributed by atoms with Gasteiger partial charge >= 0.3 is 0 Å². The summed E-state index contributed by atoms with van der Waals surface area (Å²) in [5, 5.41) is 0. The van der Waals surface area contributed by atoms with Crippen molar-refractivity contribution in [1.29, 1.82) is 0 Å². The molecule has 1 unspecified atom stereocenters. The number of ether oxygens (including phenoxy) is 1. The van der Waals surface area contributed by atoms with Crippen LogP contribution in [-0.2, 0) is 0 Å². The molecule has 0 saturated carbocycles. The van der Waals surface area contributed by atoms with Crippen LogP contribution in [0.25, 0.3) is 0 Å². The Hall–Kier alpha value is -1.49. The summed E-state index contributed by atoms with van der Waals surface area (Å²) >= 11 is 0. The third-order valence-electron chi connectivity index (χ3n) is 4.23. The second-order valence-corrected chi connectivity index (χ2v) is 5.69. The van der Waals surface area contributed by atoms with E-state index in [1.165, 1.54) is 19.4 Å². The number of rotatable bonds is 4. The van der Waals surface area contributed by atoms with Gasteiger partial charge in [-0.25, -0.2) is 0 Å². The summed E-state index contributed by atoms with van der Waals surface area (Å²) in [5.74, 6) is 1.58. The Kier molecular flexibility index (Phi) is 3.96. The van der Waals surface area contributed by atoms with Crippen molar-refractivity contribution in [3.8, 4) is 5.88 Å². The van der Waals surface area contributed by atoms with Crippen LogP contribution in [-0.4, -0.2) is 48.7 Å². The first-order chi connectivity index (χ1) is 9.78. The topological polar surface area (TPSA) is 54.6 Å². The predicted octanol–water partition coefficient (Wildman–Crippen LogP) is 1.74. The second-order valence-electron chi connectivity index (χ2n) is 5.69. The van der Waals surface area contributed by atoms with E-state index in [1.54, 1.807) is 0 Å². The van der Waals surface area contributed by atoms with Crippen LogP contribution in [0.4, 0.5) is 11.5 Å². The summed E-state index contributed by atoms with van der Waals surface area (Å²) in [4.78, 5) is 9.57. The Labute approximate surface area is 120 Å². The Bertz CT molecular complexity index is 465. The number of hydrogen-bond acceptors (Lipinski definition) is 5. The zero-order valence-electron chi connectivity index (χ0n) is 12.2. The summed E-state index contributed by atoms with van der Waals surface area (Å²) < 4.78 is 5.63. The van der Waals surface area contributed by atoms with E-state index in [-0.39, 0.29) is 0 Å². The number of nitrogens with two attached hydrogens (primary N) is 1. The molecule has 0 aromatic carbocycles. The molecule has 0 amide bonds. The third kappa shape index (κ3) is 2.68. The second kappa shape index (κ2) is 5.87. The van der Waals surface area contributed by atoms with Gasteiger partial charge in [-0.05, 0) is 37.9 Å². The van der Waals surface area contributed by atoms with Crippen LogP contribution < -0.4 is 15.4 Å². The van der Waals surface area contributed by atoms with Crippen LogP contribution in [0.1, 0.15) is 26.2 Å². The fourth-order valence-corrected chi connectivity index (χ4v) is 3.13. The molecule has 0 spiro atoms. The molecule has 3 rings (SSSR count). The van der Waals surface area contributed by atoms with Gasteiger partial charge in [-0.15, -0.1) is 0 Å². The first kappa shape index (κ1) is 13.5. The monoisotopic (exact) mass is 276 g/mol. The Morgan fingerprint density at radius 3 is 3.10 bits per heavy atom. The Balaban J connectivity index is 1.73. The van der Waals surface area contributed by atoms with Crippen LogP contribution >= 0.6 is 0 Å². The molecule has 2 aliphatic heterocycles. The van der Waals surface area contributed by atoms with Gasteiger partial charge in [-0.1, -0.05) is 6.92 Å². The van der Waals surface area contributed by atoms with Gasteiger partial charge < -0.3 is 15.4 Å². The van der Waals surface area contributed by atoms with E-state index in [9.17, 15) is 0 Å². The van der Waals surface area contributed by atoms with E-state index < -0.39 is 0 Å². The Morgan fingerprint density at radius 2 is 2.25 bits per heavy atom. The molecule has 5 heteroatoms. The van der Waals surface area contributed by atoms with Gasteiger partial charge in [-0.3, -0.25) is 4.90 Å². The van der Waals surface area contributed by atoms with Gasteiger partial charge in [-0.2, -0.15) is 4.98 Å². The van der Waals surface area contributed by atoms with Crippen molar-refractivity contribution >= 4 is 11.5 Å². The molecule has 3 heterocycles. The largest absolute Gasteiger partial charge is 0.476 e. The number of fused-ring (bicyclic) bond motifs is 1. The molecule has 1 aromatic rings. The number of pyridine rings is 1. The summed E-state index contributed by atoms with van der Waals surface area (Å²) in [6.07, 6.45) is 3.61. The van der Waals surface area contributed by atoms with Crippen molar-refractivity contribution in [2.45, 2.75) is 32.2 Å². The smallest absolute Gasteiger partial charge is 0.239 e. The number of aromatic nitrogens is 1. The van der Waals surface area contributed by atoms with Gasteiger partial charge in [0.15, 0.2) is 0 Å². The minimum atomic E-state index is 0.582. The lowest BCUT2D eigenvalue weighted by Gasteiger charge is -2.38. The van der Waals surface area contributed by atoms with E-state index in [4.69, 9.17) is 10.5 Å². The lowest BCUT2D eigenvalue weighted by Crippen LogP contribution is -2.50. The van der Waals surface area contributed by atoms with Gasteiger partial charge in [0.25, 0.3) is 0 Å². The molecule has 0 bridgehead atoms. The van der Waals surface area contributed by atoms with Gasteiger partial charge in [0.2, 0.25) is 5.88 Å². The van der Waals surface area contributed by atoms with Gasteiger partial charge in [0, 0.05) is 25.7 Å². The number of hydrogen-bond donors (Lipinski definition) is 1. The van der Waals surface area contributed by atoms with Crippen LogP contribution in [0.15, 0.2) is 12.1 Å². The maximum atomic E-state index is 5.93. The highest BCUT2D eigenvalue weighted by Crippen LogP contribution is 2.27. The molecule has 5 nitrogen and oxygen atoms in total. The van der Waals surface area contributed by atoms with Crippen molar-refractivity contribution in [2.75, 3.05) is 43.4 Å². The van der Waals surface area contributed by atoms with Crippen molar-refractivity contribution in [1.82, 2.24) is 9.88 Å². The number of nitrogens with zero attached hydrogens (tertiary/aromatic N) is 3. The quantitative estimate of drug-likeness (QED) is 0.908. The summed E-state index contributed by atoms with van der Waals surface area (Å²) in [6.45, 7) is 7.27. The maximum absolute atomic E-state index is 5.93. The maximum Gasteiger partial charge on any atom is 0.239 e.